The Morgan fingerprint density at radius 2 is 1.95 bits per heavy atom. The number of rotatable bonds is 4. The molecule has 0 unspecified atom stereocenters. The summed E-state index contributed by atoms with van der Waals surface area (Å²) in [6, 6.07) is 8.02. The third-order valence-corrected chi connectivity index (χ3v) is 3.58. The fourth-order valence-electron chi connectivity index (χ4n) is 2.04. The summed E-state index contributed by atoms with van der Waals surface area (Å²) in [6.45, 7) is 6.69. The van der Waals surface area contributed by atoms with Crippen LogP contribution in [0.5, 0.6) is 0 Å². The van der Waals surface area contributed by atoms with Gasteiger partial charge in [-0.2, -0.15) is 5.10 Å². The summed E-state index contributed by atoms with van der Waals surface area (Å²) < 4.78 is 1.81. The molecule has 4 heteroatoms. The van der Waals surface area contributed by atoms with Crippen LogP contribution in [0.15, 0.2) is 30.5 Å². The Morgan fingerprint density at radius 1 is 1.20 bits per heavy atom. The third-order valence-electron chi connectivity index (χ3n) is 3.58. The average molecular weight is 271 g/mol. The zero-order valence-corrected chi connectivity index (χ0v) is 12.6. The van der Waals surface area contributed by atoms with Crippen molar-refractivity contribution < 1.29 is 4.79 Å². The maximum absolute atomic E-state index is 12.2. The number of carbonyl (C=O) groups is 1. The number of nitrogens with zero attached hydrogens (tertiary/aromatic N) is 3. The second kappa shape index (κ2) is 5.90. The lowest BCUT2D eigenvalue weighted by Gasteiger charge is -2.18. The standard InChI is InChI=1S/C16H21N3O/c1-12-5-6-15(11-13(12)2)18(4)16(20)8-10-19-9-7-14(3)17-19/h5-7,9,11H,8,10H2,1-4H3. The molecule has 0 fully saturated rings. The van der Waals surface area contributed by atoms with Crippen molar-refractivity contribution in [3.8, 4) is 0 Å². The lowest BCUT2D eigenvalue weighted by Crippen LogP contribution is -2.27. The first-order valence-corrected chi connectivity index (χ1v) is 6.81. The molecule has 1 amide bonds. The first-order chi connectivity index (χ1) is 9.47. The van der Waals surface area contributed by atoms with Crippen molar-refractivity contribution in [3.05, 3.63) is 47.3 Å². The van der Waals surface area contributed by atoms with Crippen molar-refractivity contribution in [3.63, 3.8) is 0 Å². The minimum absolute atomic E-state index is 0.0985. The highest BCUT2D eigenvalue weighted by atomic mass is 16.2. The molecule has 0 aliphatic heterocycles. The van der Waals surface area contributed by atoms with E-state index in [2.05, 4.69) is 18.9 Å². The number of hydrogen-bond donors (Lipinski definition) is 0. The molecule has 0 saturated carbocycles. The molecule has 1 aromatic carbocycles. The van der Waals surface area contributed by atoms with Crippen LogP contribution in [0.2, 0.25) is 0 Å². The van der Waals surface area contributed by atoms with Crippen molar-refractivity contribution in [2.75, 3.05) is 11.9 Å². The summed E-state index contributed by atoms with van der Waals surface area (Å²) in [7, 11) is 1.82. The molecule has 106 valence electrons. The lowest BCUT2D eigenvalue weighted by molar-refractivity contribution is -0.118. The number of amides is 1. The van der Waals surface area contributed by atoms with Gasteiger partial charge < -0.3 is 4.90 Å². The third kappa shape index (κ3) is 3.26. The van der Waals surface area contributed by atoms with Gasteiger partial charge in [0.2, 0.25) is 5.91 Å². The van der Waals surface area contributed by atoms with Gasteiger partial charge in [0.25, 0.3) is 0 Å². The van der Waals surface area contributed by atoms with Crippen LogP contribution in [0.1, 0.15) is 23.2 Å². The van der Waals surface area contributed by atoms with Gasteiger partial charge in [0.05, 0.1) is 5.69 Å². The number of aryl methyl sites for hydroxylation is 4. The van der Waals surface area contributed by atoms with Crippen LogP contribution in [0.3, 0.4) is 0 Å². The van der Waals surface area contributed by atoms with Crippen molar-refractivity contribution in [2.45, 2.75) is 33.7 Å². The van der Waals surface area contributed by atoms with E-state index in [4.69, 9.17) is 0 Å². The van der Waals surface area contributed by atoms with Crippen molar-refractivity contribution in [1.29, 1.82) is 0 Å². The van der Waals surface area contributed by atoms with Gasteiger partial charge in [-0.3, -0.25) is 9.48 Å². The fraction of sp³-hybridized carbons (Fsp3) is 0.375. The van der Waals surface area contributed by atoms with Gasteiger partial charge >= 0.3 is 0 Å². The van der Waals surface area contributed by atoms with E-state index in [1.54, 1.807) is 4.90 Å². The monoisotopic (exact) mass is 271 g/mol. The Morgan fingerprint density at radius 3 is 2.55 bits per heavy atom. The molecule has 0 spiro atoms. The topological polar surface area (TPSA) is 38.1 Å². The van der Waals surface area contributed by atoms with E-state index in [-0.39, 0.29) is 5.91 Å². The maximum Gasteiger partial charge on any atom is 0.228 e. The molecule has 0 saturated heterocycles. The van der Waals surface area contributed by atoms with Gasteiger partial charge in [-0.15, -0.1) is 0 Å². The number of anilines is 1. The van der Waals surface area contributed by atoms with Gasteiger partial charge in [0.1, 0.15) is 0 Å². The second-order valence-electron chi connectivity index (χ2n) is 5.19. The number of carbonyl (C=O) groups excluding carboxylic acids is 1. The van der Waals surface area contributed by atoms with Crippen LogP contribution in [0.4, 0.5) is 5.69 Å². The van der Waals surface area contributed by atoms with E-state index < -0.39 is 0 Å². The van der Waals surface area contributed by atoms with E-state index in [1.165, 1.54) is 11.1 Å². The van der Waals surface area contributed by atoms with Crippen LogP contribution in [-0.4, -0.2) is 22.7 Å². The quantitative estimate of drug-likeness (QED) is 0.857. The zero-order valence-electron chi connectivity index (χ0n) is 12.6. The lowest BCUT2D eigenvalue weighted by atomic mass is 10.1. The molecule has 0 atom stereocenters. The molecule has 1 heterocycles. The molecule has 0 radical (unpaired) electrons. The zero-order chi connectivity index (χ0) is 14.7. The molecule has 0 aliphatic carbocycles. The largest absolute Gasteiger partial charge is 0.315 e. The summed E-state index contributed by atoms with van der Waals surface area (Å²) in [5.74, 6) is 0.0985. The van der Waals surface area contributed by atoms with Gasteiger partial charge in [-0.05, 0) is 50.1 Å². The van der Waals surface area contributed by atoms with Crippen molar-refractivity contribution in [1.82, 2.24) is 9.78 Å². The smallest absolute Gasteiger partial charge is 0.228 e. The number of hydrogen-bond acceptors (Lipinski definition) is 2. The van der Waals surface area contributed by atoms with Crippen molar-refractivity contribution >= 4 is 11.6 Å². The molecular weight excluding hydrogens is 250 g/mol. The van der Waals surface area contributed by atoms with Gasteiger partial charge in [-0.25, -0.2) is 0 Å². The van der Waals surface area contributed by atoms with E-state index in [1.807, 2.05) is 49.1 Å². The Bertz CT molecular complexity index is 616. The summed E-state index contributed by atoms with van der Waals surface area (Å²) in [5, 5.41) is 4.29. The van der Waals surface area contributed by atoms with Gasteiger partial charge in [-0.1, -0.05) is 6.07 Å². The minimum atomic E-state index is 0.0985. The van der Waals surface area contributed by atoms with Crippen LogP contribution in [0.25, 0.3) is 0 Å². The highest BCUT2D eigenvalue weighted by Gasteiger charge is 2.11. The molecule has 0 N–H and O–H groups in total. The maximum atomic E-state index is 12.2. The first kappa shape index (κ1) is 14.3. The molecular formula is C16H21N3O. The Balaban J connectivity index is 1.99. The molecule has 2 rings (SSSR count). The summed E-state index contributed by atoms with van der Waals surface area (Å²) in [5.41, 5.74) is 4.35. The van der Waals surface area contributed by atoms with Gasteiger partial charge in [0, 0.05) is 31.9 Å². The van der Waals surface area contributed by atoms with Gasteiger partial charge in [0.15, 0.2) is 0 Å². The minimum Gasteiger partial charge on any atom is -0.315 e. The molecule has 2 aromatic rings. The Hall–Kier alpha value is -2.10. The van der Waals surface area contributed by atoms with E-state index in [0.29, 0.717) is 13.0 Å². The number of benzene rings is 1. The fourth-order valence-corrected chi connectivity index (χ4v) is 2.04. The van der Waals surface area contributed by atoms with E-state index in [9.17, 15) is 4.79 Å². The van der Waals surface area contributed by atoms with Crippen molar-refractivity contribution in [2.24, 2.45) is 0 Å². The first-order valence-electron chi connectivity index (χ1n) is 6.81. The summed E-state index contributed by atoms with van der Waals surface area (Å²) in [4.78, 5) is 13.9. The molecule has 0 bridgehead atoms. The number of aromatic nitrogens is 2. The SMILES string of the molecule is Cc1ccn(CCC(=O)N(C)c2ccc(C)c(C)c2)n1. The Labute approximate surface area is 120 Å². The normalized spacial score (nSPS) is 10.6. The highest BCUT2D eigenvalue weighted by Crippen LogP contribution is 2.18. The summed E-state index contributed by atoms with van der Waals surface area (Å²) >= 11 is 0. The summed E-state index contributed by atoms with van der Waals surface area (Å²) in [6.07, 6.45) is 2.35. The van der Waals surface area contributed by atoms with Crippen LogP contribution in [0, 0.1) is 20.8 Å². The highest BCUT2D eigenvalue weighted by molar-refractivity contribution is 5.92. The van der Waals surface area contributed by atoms with Crippen LogP contribution < -0.4 is 4.90 Å². The van der Waals surface area contributed by atoms with E-state index >= 15 is 0 Å². The average Bonchev–Trinajstić information content (AvgIpc) is 2.84. The molecule has 4 nitrogen and oxygen atoms in total. The molecule has 20 heavy (non-hydrogen) atoms. The van der Waals surface area contributed by atoms with E-state index in [0.717, 1.165) is 11.4 Å². The Kier molecular flexibility index (Phi) is 4.23. The molecule has 1 aromatic heterocycles. The van der Waals surface area contributed by atoms with Crippen LogP contribution in [-0.2, 0) is 11.3 Å². The molecule has 0 aliphatic rings. The predicted octanol–water partition coefficient (Wildman–Crippen LogP) is 2.86. The second-order valence-corrected chi connectivity index (χ2v) is 5.19. The predicted molar refractivity (Wildman–Crippen MR) is 80.9 cm³/mol. The van der Waals surface area contributed by atoms with Crippen LogP contribution >= 0.6 is 0 Å².